The Labute approximate surface area is 145 Å². The number of allylic oxidation sites excluding steroid dienone is 3. The third kappa shape index (κ3) is 4.81. The van der Waals surface area contributed by atoms with Crippen LogP contribution in [0.1, 0.15) is 16.1 Å². The van der Waals surface area contributed by atoms with E-state index in [9.17, 15) is 27.2 Å². The van der Waals surface area contributed by atoms with E-state index in [0.717, 1.165) is 17.4 Å². The maximum absolute atomic E-state index is 13.1. The third-order valence-electron chi connectivity index (χ3n) is 2.82. The van der Waals surface area contributed by atoms with E-state index >= 15 is 0 Å². The molecule has 24 heavy (non-hydrogen) atoms. The number of amides is 3. The first-order chi connectivity index (χ1) is 11.2. The molecule has 1 aliphatic rings. The minimum atomic E-state index is -4.81. The number of urea groups is 1. The Kier molecular flexibility index (Phi) is 5.65. The summed E-state index contributed by atoms with van der Waals surface area (Å²) >= 11 is 4.27. The van der Waals surface area contributed by atoms with Crippen LogP contribution in [0.25, 0.3) is 0 Å². The van der Waals surface area contributed by atoms with Gasteiger partial charge in [-0.15, -0.1) is 11.3 Å². The summed E-state index contributed by atoms with van der Waals surface area (Å²) in [4.78, 5) is 23.6. The number of thiophene rings is 1. The van der Waals surface area contributed by atoms with E-state index in [-0.39, 0.29) is 11.3 Å². The summed E-state index contributed by atoms with van der Waals surface area (Å²) in [6, 6.07) is 2.04. The summed E-state index contributed by atoms with van der Waals surface area (Å²) in [5, 5.41) is 1.94. The number of carbonyl (C=O) groups is 2. The highest BCUT2D eigenvalue weighted by molar-refractivity contribution is 9.11. The minimum Gasteiger partial charge on any atom is -0.306 e. The Balaban J connectivity index is 1.94. The molecule has 0 saturated carbocycles. The molecule has 1 aromatic heterocycles. The molecule has 0 aliphatic heterocycles. The molecule has 1 atom stereocenters. The second kappa shape index (κ2) is 7.34. The van der Waals surface area contributed by atoms with Gasteiger partial charge in [0.15, 0.2) is 0 Å². The fourth-order valence-electron chi connectivity index (χ4n) is 1.81. The van der Waals surface area contributed by atoms with Gasteiger partial charge in [0.05, 0.1) is 19.9 Å². The van der Waals surface area contributed by atoms with Crippen molar-refractivity contribution in [2.24, 2.45) is 0 Å². The fraction of sp³-hybridized carbons (Fsp3) is 0.231. The van der Waals surface area contributed by atoms with Gasteiger partial charge in [-0.2, -0.15) is 13.2 Å². The average molecular weight is 428 g/mol. The molecule has 1 aliphatic carbocycles. The zero-order valence-electron chi connectivity index (χ0n) is 11.7. The standard InChI is InChI=1S/C13H10BrF4N3O2S/c14-10-4-3-9(24-10)11(22)20-21-12(23)19-8-2-1-6(15)5-7(8)13(16,17)18/h2-6H,1H2,(H,20,22)(H2,19,21,23). The fourth-order valence-corrected chi connectivity index (χ4v) is 3.09. The number of rotatable bonds is 2. The van der Waals surface area contributed by atoms with Gasteiger partial charge >= 0.3 is 12.2 Å². The predicted octanol–water partition coefficient (Wildman–Crippen LogP) is 3.57. The lowest BCUT2D eigenvalue weighted by Gasteiger charge is -2.21. The first-order valence-electron chi connectivity index (χ1n) is 6.43. The summed E-state index contributed by atoms with van der Waals surface area (Å²) < 4.78 is 52.3. The second-order valence-electron chi connectivity index (χ2n) is 4.58. The summed E-state index contributed by atoms with van der Waals surface area (Å²) in [7, 11) is 0. The van der Waals surface area contributed by atoms with Crippen molar-refractivity contribution in [1.29, 1.82) is 0 Å². The van der Waals surface area contributed by atoms with Crippen molar-refractivity contribution < 1.29 is 27.2 Å². The topological polar surface area (TPSA) is 70.2 Å². The third-order valence-corrected chi connectivity index (χ3v) is 4.45. The molecule has 1 heterocycles. The number of hydrogen-bond donors (Lipinski definition) is 3. The van der Waals surface area contributed by atoms with E-state index in [0.29, 0.717) is 9.86 Å². The van der Waals surface area contributed by atoms with Gasteiger partial charge in [-0.05, 0) is 34.1 Å². The SMILES string of the molecule is O=C(NNC(=O)c1ccc(Br)s1)NC1=CCC(F)C=C1C(F)(F)F. The molecule has 3 amide bonds. The summed E-state index contributed by atoms with van der Waals surface area (Å²) in [5.41, 5.74) is 2.14. The lowest BCUT2D eigenvalue weighted by atomic mass is 10.0. The smallest absolute Gasteiger partial charge is 0.306 e. The van der Waals surface area contributed by atoms with Crippen molar-refractivity contribution in [3.05, 3.63) is 44.2 Å². The van der Waals surface area contributed by atoms with Crippen LogP contribution in [0.2, 0.25) is 0 Å². The molecular weight excluding hydrogens is 418 g/mol. The highest BCUT2D eigenvalue weighted by Gasteiger charge is 2.38. The van der Waals surface area contributed by atoms with Crippen LogP contribution >= 0.6 is 27.3 Å². The van der Waals surface area contributed by atoms with Crippen LogP contribution in [0.4, 0.5) is 22.4 Å². The van der Waals surface area contributed by atoms with Gasteiger partial charge in [0.2, 0.25) is 0 Å². The zero-order chi connectivity index (χ0) is 17.9. The highest BCUT2D eigenvalue weighted by Crippen LogP contribution is 2.33. The van der Waals surface area contributed by atoms with E-state index in [1.54, 1.807) is 6.07 Å². The quantitative estimate of drug-likeness (QED) is 0.498. The van der Waals surface area contributed by atoms with Crippen molar-refractivity contribution in [3.63, 3.8) is 0 Å². The normalized spacial score (nSPS) is 17.6. The maximum atomic E-state index is 13.1. The van der Waals surface area contributed by atoms with E-state index < -0.39 is 35.6 Å². The van der Waals surface area contributed by atoms with Crippen LogP contribution in [-0.2, 0) is 0 Å². The van der Waals surface area contributed by atoms with Crippen molar-refractivity contribution in [3.8, 4) is 0 Å². The van der Waals surface area contributed by atoms with Gasteiger partial charge in [0.1, 0.15) is 6.17 Å². The number of hydrogen-bond acceptors (Lipinski definition) is 3. The maximum Gasteiger partial charge on any atom is 0.418 e. The number of hydrazine groups is 1. The molecule has 3 N–H and O–H groups in total. The second-order valence-corrected chi connectivity index (χ2v) is 7.05. The number of nitrogens with one attached hydrogen (secondary N) is 3. The molecule has 11 heteroatoms. The van der Waals surface area contributed by atoms with Gasteiger partial charge in [-0.1, -0.05) is 6.08 Å². The molecule has 0 spiro atoms. The minimum absolute atomic E-state index is 0.287. The van der Waals surface area contributed by atoms with Gasteiger partial charge < -0.3 is 5.32 Å². The Morgan fingerprint density at radius 1 is 1.25 bits per heavy atom. The van der Waals surface area contributed by atoms with Gasteiger partial charge in [-0.25, -0.2) is 14.6 Å². The molecule has 0 radical (unpaired) electrons. The van der Waals surface area contributed by atoms with E-state index in [1.165, 1.54) is 6.07 Å². The van der Waals surface area contributed by atoms with Crippen LogP contribution in [0, 0.1) is 0 Å². The molecule has 1 aromatic rings. The lowest BCUT2D eigenvalue weighted by molar-refractivity contribution is -0.0906. The number of carbonyl (C=O) groups excluding carboxylic acids is 2. The van der Waals surface area contributed by atoms with Crippen LogP contribution in [0.15, 0.2) is 39.3 Å². The molecule has 1 unspecified atom stereocenters. The predicted molar refractivity (Wildman–Crippen MR) is 82.9 cm³/mol. The van der Waals surface area contributed by atoms with E-state index in [2.05, 4.69) is 21.4 Å². The molecule has 130 valence electrons. The Morgan fingerprint density at radius 3 is 2.54 bits per heavy atom. The summed E-state index contributed by atoms with van der Waals surface area (Å²) in [6.45, 7) is 0. The summed E-state index contributed by atoms with van der Waals surface area (Å²) in [6.07, 6.45) is -5.53. The van der Waals surface area contributed by atoms with Crippen LogP contribution in [0.5, 0.6) is 0 Å². The molecular formula is C13H10BrF4N3O2S. The molecule has 5 nitrogen and oxygen atoms in total. The Bertz CT molecular complexity index is 714. The van der Waals surface area contributed by atoms with Crippen molar-refractivity contribution in [2.45, 2.75) is 18.8 Å². The first kappa shape index (κ1) is 18.5. The molecule has 0 aromatic carbocycles. The van der Waals surface area contributed by atoms with Crippen LogP contribution in [0.3, 0.4) is 0 Å². The molecule has 0 bridgehead atoms. The lowest BCUT2D eigenvalue weighted by Crippen LogP contribution is -2.47. The first-order valence-corrected chi connectivity index (χ1v) is 8.04. The summed E-state index contributed by atoms with van der Waals surface area (Å²) in [5.74, 6) is -0.631. The Morgan fingerprint density at radius 2 is 1.96 bits per heavy atom. The monoisotopic (exact) mass is 427 g/mol. The Hall–Kier alpha value is -1.88. The zero-order valence-corrected chi connectivity index (χ0v) is 14.1. The van der Waals surface area contributed by atoms with E-state index in [4.69, 9.17) is 0 Å². The molecule has 2 rings (SSSR count). The number of alkyl halides is 4. The average Bonchev–Trinajstić information content (AvgIpc) is 2.92. The van der Waals surface area contributed by atoms with Crippen molar-refractivity contribution in [1.82, 2.24) is 16.2 Å². The van der Waals surface area contributed by atoms with Crippen molar-refractivity contribution in [2.75, 3.05) is 0 Å². The number of halogens is 5. The molecule has 0 saturated heterocycles. The van der Waals surface area contributed by atoms with Gasteiger partial charge in [-0.3, -0.25) is 10.2 Å². The van der Waals surface area contributed by atoms with E-state index in [1.807, 2.05) is 10.7 Å². The van der Waals surface area contributed by atoms with Crippen LogP contribution in [-0.4, -0.2) is 24.3 Å². The van der Waals surface area contributed by atoms with Crippen molar-refractivity contribution >= 4 is 39.2 Å². The largest absolute Gasteiger partial charge is 0.418 e. The van der Waals surface area contributed by atoms with Crippen LogP contribution < -0.4 is 16.2 Å². The van der Waals surface area contributed by atoms with Gasteiger partial charge in [0, 0.05) is 6.42 Å². The molecule has 0 fully saturated rings. The highest BCUT2D eigenvalue weighted by atomic mass is 79.9. The van der Waals surface area contributed by atoms with Gasteiger partial charge in [0.25, 0.3) is 5.91 Å².